The van der Waals surface area contributed by atoms with Crippen LogP contribution in [0, 0.1) is 0 Å². The number of hydrogen-bond donors (Lipinski definition) is 0. The molecule has 2 aromatic rings. The van der Waals surface area contributed by atoms with E-state index in [0.717, 1.165) is 16.6 Å². The lowest BCUT2D eigenvalue weighted by atomic mass is 10.2. The zero-order valence-corrected chi connectivity index (χ0v) is 13.1. The van der Waals surface area contributed by atoms with Crippen molar-refractivity contribution in [1.29, 1.82) is 0 Å². The summed E-state index contributed by atoms with van der Waals surface area (Å²) in [5, 5.41) is 0. The second kappa shape index (κ2) is 7.31. The van der Waals surface area contributed by atoms with Crippen LogP contribution in [0.4, 0.5) is 0 Å². The van der Waals surface area contributed by atoms with E-state index in [2.05, 4.69) is 35.0 Å². The lowest BCUT2D eigenvalue weighted by Gasteiger charge is -2.12. The molecule has 0 saturated carbocycles. The molecule has 0 bridgehead atoms. The molecule has 2 rings (SSSR count). The fourth-order valence-electron chi connectivity index (χ4n) is 1.72. The average molecular weight is 337 g/mol. The summed E-state index contributed by atoms with van der Waals surface area (Å²) in [5.41, 5.74) is 1.28. The Morgan fingerprint density at radius 2 is 1.75 bits per heavy atom. The quantitative estimate of drug-likeness (QED) is 0.710. The summed E-state index contributed by atoms with van der Waals surface area (Å²) in [6.45, 7) is 2.31. The van der Waals surface area contributed by atoms with E-state index in [1.165, 1.54) is 5.56 Å². The third kappa shape index (κ3) is 3.99. The van der Waals surface area contributed by atoms with Gasteiger partial charge < -0.3 is 14.2 Å². The van der Waals surface area contributed by atoms with Crippen LogP contribution in [0.15, 0.2) is 46.9 Å². The monoisotopic (exact) mass is 336 g/mol. The van der Waals surface area contributed by atoms with Gasteiger partial charge in [-0.15, -0.1) is 0 Å². The van der Waals surface area contributed by atoms with Crippen LogP contribution in [-0.2, 0) is 11.2 Å². The van der Waals surface area contributed by atoms with E-state index in [0.29, 0.717) is 11.5 Å². The van der Waals surface area contributed by atoms with E-state index >= 15 is 0 Å². The topological polar surface area (TPSA) is 27.7 Å². The van der Waals surface area contributed by atoms with Crippen LogP contribution in [0.2, 0.25) is 0 Å². The molecule has 0 unspecified atom stereocenters. The second-order valence-electron chi connectivity index (χ2n) is 4.24. The van der Waals surface area contributed by atoms with E-state index in [1.807, 2.05) is 30.3 Å². The summed E-state index contributed by atoms with van der Waals surface area (Å²) in [4.78, 5) is 0. The molecule has 4 heteroatoms. The van der Waals surface area contributed by atoms with E-state index < -0.39 is 0 Å². The van der Waals surface area contributed by atoms with Gasteiger partial charge in [0.15, 0.2) is 18.3 Å². The van der Waals surface area contributed by atoms with Crippen molar-refractivity contribution in [3.63, 3.8) is 0 Å². The molecule has 0 heterocycles. The smallest absolute Gasteiger partial charge is 0.188 e. The molecule has 106 valence electrons. The van der Waals surface area contributed by atoms with Gasteiger partial charge in [-0.05, 0) is 42.3 Å². The molecule has 0 N–H and O–H groups in total. The minimum atomic E-state index is 0.187. The van der Waals surface area contributed by atoms with E-state index in [1.54, 1.807) is 7.11 Å². The molecule has 0 aliphatic heterocycles. The Bertz CT molecular complexity index is 552. The minimum Gasteiger partial charge on any atom is -0.464 e. The Balaban J connectivity index is 2.19. The van der Waals surface area contributed by atoms with E-state index in [-0.39, 0.29) is 6.79 Å². The number of ether oxygens (including phenoxy) is 3. The number of hydrogen-bond acceptors (Lipinski definition) is 3. The molecule has 20 heavy (non-hydrogen) atoms. The lowest BCUT2D eigenvalue weighted by molar-refractivity contribution is 0.0495. The van der Waals surface area contributed by atoms with Gasteiger partial charge in [0.1, 0.15) is 5.75 Å². The van der Waals surface area contributed by atoms with Gasteiger partial charge in [-0.25, -0.2) is 0 Å². The van der Waals surface area contributed by atoms with Gasteiger partial charge in [0.2, 0.25) is 0 Å². The average Bonchev–Trinajstić information content (AvgIpc) is 2.47. The van der Waals surface area contributed by atoms with Crippen LogP contribution in [0.5, 0.6) is 17.2 Å². The fraction of sp³-hybridized carbons (Fsp3) is 0.250. The summed E-state index contributed by atoms with van der Waals surface area (Å²) in [7, 11) is 1.59. The molecule has 0 aliphatic rings. The molecule has 0 saturated heterocycles. The van der Waals surface area contributed by atoms with Crippen LogP contribution in [0.3, 0.4) is 0 Å². The molecule has 2 aromatic carbocycles. The van der Waals surface area contributed by atoms with Crippen molar-refractivity contribution in [2.24, 2.45) is 0 Å². The SMILES string of the molecule is CCc1ccc(Oc2cc(Br)ccc2OCOC)cc1. The maximum Gasteiger partial charge on any atom is 0.188 e. The van der Waals surface area contributed by atoms with Crippen LogP contribution >= 0.6 is 15.9 Å². The van der Waals surface area contributed by atoms with E-state index in [4.69, 9.17) is 14.2 Å². The Morgan fingerprint density at radius 3 is 2.40 bits per heavy atom. The third-order valence-electron chi connectivity index (χ3n) is 2.80. The first kappa shape index (κ1) is 14.9. The first-order valence-corrected chi connectivity index (χ1v) is 7.20. The van der Waals surface area contributed by atoms with Gasteiger partial charge in [-0.1, -0.05) is 35.0 Å². The fourth-order valence-corrected chi connectivity index (χ4v) is 2.06. The second-order valence-corrected chi connectivity index (χ2v) is 5.16. The van der Waals surface area contributed by atoms with Crippen LogP contribution in [0.25, 0.3) is 0 Å². The van der Waals surface area contributed by atoms with Crippen molar-refractivity contribution in [1.82, 2.24) is 0 Å². The van der Waals surface area contributed by atoms with Gasteiger partial charge in [-0.3, -0.25) is 0 Å². The molecule has 0 spiro atoms. The zero-order valence-electron chi connectivity index (χ0n) is 11.6. The summed E-state index contributed by atoms with van der Waals surface area (Å²) in [6.07, 6.45) is 1.01. The van der Waals surface area contributed by atoms with Crippen molar-refractivity contribution in [3.8, 4) is 17.2 Å². The minimum absolute atomic E-state index is 0.187. The van der Waals surface area contributed by atoms with Crippen LogP contribution in [-0.4, -0.2) is 13.9 Å². The maximum atomic E-state index is 5.88. The summed E-state index contributed by atoms with van der Waals surface area (Å²) < 4.78 is 17.2. The van der Waals surface area contributed by atoms with Crippen LogP contribution in [0.1, 0.15) is 12.5 Å². The standard InChI is InChI=1S/C16H17BrO3/c1-3-12-4-7-14(8-5-12)20-16-10-13(17)6-9-15(16)19-11-18-2/h4-10H,3,11H2,1-2H3. The molecular formula is C16H17BrO3. The summed E-state index contributed by atoms with van der Waals surface area (Å²) in [6, 6.07) is 13.7. The van der Waals surface area contributed by atoms with Gasteiger partial charge >= 0.3 is 0 Å². The van der Waals surface area contributed by atoms with Crippen molar-refractivity contribution >= 4 is 15.9 Å². The Kier molecular flexibility index (Phi) is 5.44. The number of benzene rings is 2. The number of methoxy groups -OCH3 is 1. The predicted octanol–water partition coefficient (Wildman–Crippen LogP) is 4.79. The molecule has 0 aliphatic carbocycles. The molecule has 0 amide bonds. The molecule has 3 nitrogen and oxygen atoms in total. The highest BCUT2D eigenvalue weighted by Gasteiger charge is 2.07. The first-order valence-electron chi connectivity index (χ1n) is 6.41. The van der Waals surface area contributed by atoms with Gasteiger partial charge in [-0.2, -0.15) is 0 Å². The van der Waals surface area contributed by atoms with Crippen molar-refractivity contribution in [3.05, 3.63) is 52.5 Å². The van der Waals surface area contributed by atoms with Gasteiger partial charge in [0.05, 0.1) is 0 Å². The van der Waals surface area contributed by atoms with Crippen LogP contribution < -0.4 is 9.47 Å². The zero-order chi connectivity index (χ0) is 14.4. The van der Waals surface area contributed by atoms with Crippen molar-refractivity contribution < 1.29 is 14.2 Å². The molecule has 0 aromatic heterocycles. The molecule has 0 radical (unpaired) electrons. The maximum absolute atomic E-state index is 5.88. The highest BCUT2D eigenvalue weighted by molar-refractivity contribution is 9.10. The molecule has 0 atom stereocenters. The number of halogens is 1. The lowest BCUT2D eigenvalue weighted by Crippen LogP contribution is -2.00. The molecular weight excluding hydrogens is 320 g/mol. The Morgan fingerprint density at radius 1 is 1.00 bits per heavy atom. The van der Waals surface area contributed by atoms with E-state index in [9.17, 15) is 0 Å². The molecule has 0 fully saturated rings. The van der Waals surface area contributed by atoms with Gasteiger partial charge in [0, 0.05) is 11.6 Å². The van der Waals surface area contributed by atoms with Crippen molar-refractivity contribution in [2.45, 2.75) is 13.3 Å². The highest BCUT2D eigenvalue weighted by Crippen LogP contribution is 2.34. The Labute approximate surface area is 127 Å². The normalized spacial score (nSPS) is 10.3. The predicted molar refractivity (Wildman–Crippen MR) is 82.5 cm³/mol. The van der Waals surface area contributed by atoms with Crippen molar-refractivity contribution in [2.75, 3.05) is 13.9 Å². The van der Waals surface area contributed by atoms with Gasteiger partial charge in [0.25, 0.3) is 0 Å². The third-order valence-corrected chi connectivity index (χ3v) is 3.29. The summed E-state index contributed by atoms with van der Waals surface area (Å²) in [5.74, 6) is 2.08. The number of rotatable bonds is 6. The largest absolute Gasteiger partial charge is 0.464 e. The Hall–Kier alpha value is -1.52. The highest BCUT2D eigenvalue weighted by atomic mass is 79.9. The number of aryl methyl sites for hydroxylation is 1. The first-order chi connectivity index (χ1) is 9.72. The summed E-state index contributed by atoms with van der Waals surface area (Å²) >= 11 is 3.43.